The molecule has 0 aliphatic rings. The highest BCUT2D eigenvalue weighted by molar-refractivity contribution is 7.09. The topological polar surface area (TPSA) is 68.3 Å². The van der Waals surface area contributed by atoms with E-state index in [4.69, 9.17) is 0 Å². The highest BCUT2D eigenvalue weighted by atomic mass is 32.1. The molecule has 0 saturated heterocycles. The highest BCUT2D eigenvalue weighted by Crippen LogP contribution is 2.19. The molecular weight excluding hydrogens is 252 g/mol. The van der Waals surface area contributed by atoms with Gasteiger partial charge in [0.15, 0.2) is 0 Å². The number of aromatic nitrogens is 1. The van der Waals surface area contributed by atoms with Crippen LogP contribution in [-0.2, 0) is 20.7 Å². The van der Waals surface area contributed by atoms with Gasteiger partial charge in [-0.25, -0.2) is 9.78 Å². The fraction of sp³-hybridized carbons (Fsp3) is 0.583. The average Bonchev–Trinajstić information content (AvgIpc) is 2.78. The van der Waals surface area contributed by atoms with E-state index in [-0.39, 0.29) is 6.61 Å². The molecule has 1 aromatic heterocycles. The molecule has 0 atom stereocenters. The van der Waals surface area contributed by atoms with E-state index in [9.17, 15) is 9.59 Å². The number of esters is 1. The molecule has 0 unspecified atom stereocenters. The standard InChI is InChI=1S/C12H18N2O3S/c1-4-17-12(16)10(15)13-6-5-9-7-18-11(14-9)8(2)3/h7-8H,4-6H2,1-3H3,(H,13,15). The van der Waals surface area contributed by atoms with Crippen LogP contribution in [0, 0.1) is 0 Å². The Bertz CT molecular complexity index is 415. The minimum Gasteiger partial charge on any atom is -0.459 e. The van der Waals surface area contributed by atoms with Crippen molar-refractivity contribution < 1.29 is 14.3 Å². The maximum absolute atomic E-state index is 11.2. The van der Waals surface area contributed by atoms with E-state index in [0.29, 0.717) is 18.9 Å². The van der Waals surface area contributed by atoms with Gasteiger partial charge in [0.25, 0.3) is 0 Å². The molecule has 18 heavy (non-hydrogen) atoms. The summed E-state index contributed by atoms with van der Waals surface area (Å²) < 4.78 is 4.58. The van der Waals surface area contributed by atoms with E-state index in [1.807, 2.05) is 5.38 Å². The van der Waals surface area contributed by atoms with E-state index in [0.717, 1.165) is 10.7 Å². The van der Waals surface area contributed by atoms with E-state index in [1.165, 1.54) is 0 Å². The van der Waals surface area contributed by atoms with Crippen LogP contribution in [-0.4, -0.2) is 30.0 Å². The molecule has 0 aliphatic carbocycles. The molecule has 5 nitrogen and oxygen atoms in total. The second kappa shape index (κ2) is 7.10. The second-order valence-corrected chi connectivity index (χ2v) is 4.95. The van der Waals surface area contributed by atoms with Gasteiger partial charge in [-0.3, -0.25) is 4.79 Å². The van der Waals surface area contributed by atoms with Crippen molar-refractivity contribution in [2.45, 2.75) is 33.1 Å². The predicted octanol–water partition coefficient (Wildman–Crippen LogP) is 1.49. The largest absolute Gasteiger partial charge is 0.459 e. The van der Waals surface area contributed by atoms with Crippen LogP contribution in [0.5, 0.6) is 0 Å². The van der Waals surface area contributed by atoms with Crippen LogP contribution in [0.25, 0.3) is 0 Å². The molecule has 0 aromatic carbocycles. The highest BCUT2D eigenvalue weighted by Gasteiger charge is 2.13. The summed E-state index contributed by atoms with van der Waals surface area (Å²) in [7, 11) is 0. The van der Waals surface area contributed by atoms with Crippen molar-refractivity contribution in [3.63, 3.8) is 0 Å². The van der Waals surface area contributed by atoms with Crippen molar-refractivity contribution >= 4 is 23.2 Å². The average molecular weight is 270 g/mol. The van der Waals surface area contributed by atoms with Crippen molar-refractivity contribution in [3.8, 4) is 0 Å². The predicted molar refractivity (Wildman–Crippen MR) is 69.5 cm³/mol. The van der Waals surface area contributed by atoms with Crippen LogP contribution in [0.4, 0.5) is 0 Å². The van der Waals surface area contributed by atoms with Crippen molar-refractivity contribution in [3.05, 3.63) is 16.1 Å². The summed E-state index contributed by atoms with van der Waals surface area (Å²) in [6.07, 6.45) is 0.619. The van der Waals surface area contributed by atoms with Crippen LogP contribution < -0.4 is 5.32 Å². The zero-order valence-electron chi connectivity index (χ0n) is 10.9. The number of hydrogen-bond acceptors (Lipinski definition) is 5. The van der Waals surface area contributed by atoms with Crippen molar-refractivity contribution in [1.29, 1.82) is 0 Å². The van der Waals surface area contributed by atoms with Crippen molar-refractivity contribution in [2.24, 2.45) is 0 Å². The first-order valence-electron chi connectivity index (χ1n) is 5.93. The summed E-state index contributed by atoms with van der Waals surface area (Å²) >= 11 is 1.62. The normalized spacial score (nSPS) is 10.4. The summed E-state index contributed by atoms with van der Waals surface area (Å²) in [5, 5.41) is 5.57. The molecule has 1 rings (SSSR count). The summed E-state index contributed by atoms with van der Waals surface area (Å²) in [5.74, 6) is -1.12. The molecule has 0 aliphatic heterocycles. The number of rotatable bonds is 5. The number of ether oxygens (including phenoxy) is 1. The Morgan fingerprint density at radius 3 is 2.78 bits per heavy atom. The third-order valence-electron chi connectivity index (χ3n) is 2.19. The second-order valence-electron chi connectivity index (χ2n) is 4.06. The van der Waals surface area contributed by atoms with Gasteiger partial charge in [0.05, 0.1) is 17.3 Å². The van der Waals surface area contributed by atoms with Gasteiger partial charge >= 0.3 is 11.9 Å². The van der Waals surface area contributed by atoms with Gasteiger partial charge in [-0.1, -0.05) is 13.8 Å². The first-order valence-corrected chi connectivity index (χ1v) is 6.81. The van der Waals surface area contributed by atoms with E-state index < -0.39 is 11.9 Å². The fourth-order valence-corrected chi connectivity index (χ4v) is 2.15. The summed E-state index contributed by atoms with van der Waals surface area (Å²) in [4.78, 5) is 26.7. The zero-order valence-corrected chi connectivity index (χ0v) is 11.7. The number of hydrogen-bond donors (Lipinski definition) is 1. The Balaban J connectivity index is 2.32. The van der Waals surface area contributed by atoms with Gasteiger partial charge in [-0.15, -0.1) is 11.3 Å². The third kappa shape index (κ3) is 4.44. The molecule has 1 aromatic rings. The molecule has 6 heteroatoms. The molecule has 1 heterocycles. The van der Waals surface area contributed by atoms with Gasteiger partial charge in [0.1, 0.15) is 0 Å². The number of amides is 1. The minimum absolute atomic E-state index is 0.204. The van der Waals surface area contributed by atoms with Gasteiger partial charge in [0.2, 0.25) is 0 Å². The van der Waals surface area contributed by atoms with Gasteiger partial charge in [-0.05, 0) is 6.92 Å². The number of nitrogens with zero attached hydrogens (tertiary/aromatic N) is 1. The fourth-order valence-electron chi connectivity index (χ4n) is 1.28. The van der Waals surface area contributed by atoms with E-state index >= 15 is 0 Å². The summed E-state index contributed by atoms with van der Waals surface area (Å²) in [5.41, 5.74) is 0.938. The lowest BCUT2D eigenvalue weighted by atomic mass is 10.2. The zero-order chi connectivity index (χ0) is 13.5. The Hall–Kier alpha value is -1.43. The summed E-state index contributed by atoms with van der Waals surface area (Å²) in [6.45, 7) is 6.43. The van der Waals surface area contributed by atoms with Gasteiger partial charge in [-0.2, -0.15) is 0 Å². The van der Waals surface area contributed by atoms with Gasteiger partial charge in [0, 0.05) is 24.3 Å². The quantitative estimate of drug-likeness (QED) is 0.650. The van der Waals surface area contributed by atoms with E-state index in [1.54, 1.807) is 18.3 Å². The Morgan fingerprint density at radius 1 is 1.50 bits per heavy atom. The van der Waals surface area contributed by atoms with Crippen molar-refractivity contribution in [1.82, 2.24) is 10.3 Å². The molecule has 0 bridgehead atoms. The minimum atomic E-state index is -0.835. The van der Waals surface area contributed by atoms with Crippen LogP contribution >= 0.6 is 11.3 Å². The lowest BCUT2D eigenvalue weighted by molar-refractivity contribution is -0.154. The molecule has 0 spiro atoms. The number of carbonyl (C=O) groups is 2. The molecular formula is C12H18N2O3S. The van der Waals surface area contributed by atoms with Crippen LogP contribution in [0.15, 0.2) is 5.38 Å². The Kier molecular flexibility index (Phi) is 5.77. The maximum atomic E-state index is 11.2. The first kappa shape index (κ1) is 14.6. The monoisotopic (exact) mass is 270 g/mol. The van der Waals surface area contributed by atoms with Crippen molar-refractivity contribution in [2.75, 3.05) is 13.2 Å². The molecule has 1 amide bonds. The van der Waals surface area contributed by atoms with Crippen LogP contribution in [0.1, 0.15) is 37.4 Å². The number of nitrogens with one attached hydrogen (secondary N) is 1. The lowest BCUT2D eigenvalue weighted by Gasteiger charge is -2.03. The number of thiazole rings is 1. The number of carbonyl (C=O) groups excluding carboxylic acids is 2. The molecule has 0 saturated carbocycles. The molecule has 100 valence electrons. The Morgan fingerprint density at radius 2 is 2.22 bits per heavy atom. The molecule has 0 radical (unpaired) electrons. The SMILES string of the molecule is CCOC(=O)C(=O)NCCc1csc(C(C)C)n1. The maximum Gasteiger partial charge on any atom is 0.396 e. The smallest absolute Gasteiger partial charge is 0.396 e. The van der Waals surface area contributed by atoms with E-state index in [2.05, 4.69) is 28.9 Å². The lowest BCUT2D eigenvalue weighted by Crippen LogP contribution is -2.33. The van der Waals surface area contributed by atoms with Crippen LogP contribution in [0.2, 0.25) is 0 Å². The molecule has 1 N–H and O–H groups in total. The van der Waals surface area contributed by atoms with Gasteiger partial charge < -0.3 is 10.1 Å². The Labute approximate surface area is 111 Å². The van der Waals surface area contributed by atoms with Crippen LogP contribution in [0.3, 0.4) is 0 Å². The third-order valence-corrected chi connectivity index (χ3v) is 3.39. The summed E-state index contributed by atoms with van der Waals surface area (Å²) in [6, 6.07) is 0. The first-order chi connectivity index (χ1) is 8.54. The molecule has 0 fully saturated rings.